The van der Waals surface area contributed by atoms with Gasteiger partial charge in [-0.2, -0.15) is 10.2 Å². The monoisotopic (exact) mass is 398 g/mol. The van der Waals surface area contributed by atoms with Crippen LogP contribution in [0.1, 0.15) is 60.4 Å². The van der Waals surface area contributed by atoms with Crippen molar-refractivity contribution >= 4 is 11.8 Å². The van der Waals surface area contributed by atoms with Gasteiger partial charge in [-0.25, -0.2) is 0 Å². The van der Waals surface area contributed by atoms with E-state index in [1.165, 1.54) is 6.42 Å². The molecule has 156 valence electrons. The summed E-state index contributed by atoms with van der Waals surface area (Å²) in [5.41, 5.74) is 4.00. The zero-order chi connectivity index (χ0) is 20.5. The molecule has 1 saturated heterocycles. The van der Waals surface area contributed by atoms with Gasteiger partial charge in [-0.3, -0.25) is 19.4 Å². The fourth-order valence-corrected chi connectivity index (χ4v) is 4.66. The standard InChI is InChI=1S/C21H30N6O2/c1-13-19(14(2)26(3)25-13)17-11-18(24-23-17)20(28)22-16-9-10-27(12-16)21(29)15-7-5-4-6-8-15/h11,15-16H,4-10,12H2,1-3H3,(H,22,28)(H,23,24). The maximum atomic E-state index is 12.7. The summed E-state index contributed by atoms with van der Waals surface area (Å²) in [6, 6.07) is 1.76. The second-order valence-electron chi connectivity index (χ2n) is 8.41. The Bertz CT molecular complexity index is 908. The number of hydrogen-bond donors (Lipinski definition) is 2. The highest BCUT2D eigenvalue weighted by atomic mass is 16.2. The number of amides is 2. The molecule has 2 aliphatic rings. The molecule has 1 unspecified atom stereocenters. The molecule has 4 rings (SSSR count). The van der Waals surface area contributed by atoms with Gasteiger partial charge in [0.2, 0.25) is 5.91 Å². The average Bonchev–Trinajstić information content (AvgIpc) is 3.42. The first-order chi connectivity index (χ1) is 13.9. The Morgan fingerprint density at radius 1 is 1.17 bits per heavy atom. The predicted octanol–water partition coefficient (Wildman–Crippen LogP) is 2.34. The third-order valence-corrected chi connectivity index (χ3v) is 6.38. The smallest absolute Gasteiger partial charge is 0.269 e. The summed E-state index contributed by atoms with van der Waals surface area (Å²) in [6.45, 7) is 5.25. The van der Waals surface area contributed by atoms with E-state index in [9.17, 15) is 9.59 Å². The number of aromatic amines is 1. The number of nitrogens with one attached hydrogen (secondary N) is 2. The summed E-state index contributed by atoms with van der Waals surface area (Å²) >= 11 is 0. The van der Waals surface area contributed by atoms with Crippen LogP contribution in [-0.2, 0) is 11.8 Å². The van der Waals surface area contributed by atoms with Crippen molar-refractivity contribution in [1.82, 2.24) is 30.2 Å². The first-order valence-electron chi connectivity index (χ1n) is 10.6. The highest BCUT2D eigenvalue weighted by Gasteiger charge is 2.32. The van der Waals surface area contributed by atoms with E-state index >= 15 is 0 Å². The molecule has 2 aromatic rings. The molecule has 1 atom stereocenters. The van der Waals surface area contributed by atoms with E-state index in [4.69, 9.17) is 0 Å². The third-order valence-electron chi connectivity index (χ3n) is 6.38. The molecule has 8 nitrogen and oxygen atoms in total. The van der Waals surface area contributed by atoms with Crippen molar-refractivity contribution in [1.29, 1.82) is 0 Å². The normalized spacial score (nSPS) is 20.2. The first-order valence-corrected chi connectivity index (χ1v) is 10.6. The second kappa shape index (κ2) is 8.00. The lowest BCUT2D eigenvalue weighted by molar-refractivity contribution is -0.135. The molecule has 1 aliphatic heterocycles. The Labute approximate surface area is 171 Å². The molecule has 0 bridgehead atoms. The number of likely N-dealkylation sites (tertiary alicyclic amines) is 1. The van der Waals surface area contributed by atoms with E-state index in [0.717, 1.165) is 61.3 Å². The van der Waals surface area contributed by atoms with Gasteiger partial charge >= 0.3 is 0 Å². The van der Waals surface area contributed by atoms with Gasteiger partial charge in [-0.1, -0.05) is 19.3 Å². The minimum atomic E-state index is -0.181. The second-order valence-corrected chi connectivity index (χ2v) is 8.41. The fourth-order valence-electron chi connectivity index (χ4n) is 4.66. The Morgan fingerprint density at radius 2 is 1.93 bits per heavy atom. The molecule has 0 radical (unpaired) electrons. The van der Waals surface area contributed by atoms with Gasteiger partial charge in [0.15, 0.2) is 0 Å². The van der Waals surface area contributed by atoms with Gasteiger partial charge in [0, 0.05) is 43.4 Å². The summed E-state index contributed by atoms with van der Waals surface area (Å²) in [6.07, 6.45) is 6.37. The number of hydrogen-bond acceptors (Lipinski definition) is 4. The highest BCUT2D eigenvalue weighted by Crippen LogP contribution is 2.27. The summed E-state index contributed by atoms with van der Waals surface area (Å²) in [5, 5.41) is 14.6. The molecule has 0 aromatic carbocycles. The zero-order valence-electron chi connectivity index (χ0n) is 17.5. The van der Waals surface area contributed by atoms with Gasteiger partial charge in [0.05, 0.1) is 11.4 Å². The SMILES string of the molecule is Cc1nn(C)c(C)c1-c1cc(C(=O)NC2CCN(C(=O)C3CCCCC3)C2)[nH]n1. The number of H-pyrrole nitrogens is 1. The lowest BCUT2D eigenvalue weighted by Crippen LogP contribution is -2.40. The maximum Gasteiger partial charge on any atom is 0.269 e. The fraction of sp³-hybridized carbons (Fsp3) is 0.619. The summed E-state index contributed by atoms with van der Waals surface area (Å²) in [5.74, 6) is 0.270. The van der Waals surface area contributed by atoms with Crippen LogP contribution >= 0.6 is 0 Å². The van der Waals surface area contributed by atoms with Gasteiger partial charge < -0.3 is 10.2 Å². The number of carbonyl (C=O) groups excluding carboxylic acids is 2. The van der Waals surface area contributed by atoms with Crippen LogP contribution in [0, 0.1) is 19.8 Å². The molecule has 29 heavy (non-hydrogen) atoms. The van der Waals surface area contributed by atoms with Crippen LogP contribution in [-0.4, -0.2) is 55.8 Å². The van der Waals surface area contributed by atoms with E-state index in [-0.39, 0.29) is 23.8 Å². The van der Waals surface area contributed by atoms with Crippen molar-refractivity contribution in [3.05, 3.63) is 23.1 Å². The first kappa shape index (κ1) is 19.7. The van der Waals surface area contributed by atoms with Gasteiger partial charge in [-0.05, 0) is 39.2 Å². The number of carbonyl (C=O) groups is 2. The molecular weight excluding hydrogens is 368 g/mol. The van der Waals surface area contributed by atoms with Gasteiger partial charge in [0.1, 0.15) is 5.69 Å². The van der Waals surface area contributed by atoms with Crippen molar-refractivity contribution in [2.45, 2.75) is 58.4 Å². The minimum Gasteiger partial charge on any atom is -0.346 e. The Kier molecular flexibility index (Phi) is 5.43. The van der Waals surface area contributed by atoms with Gasteiger partial charge in [0.25, 0.3) is 5.91 Å². The summed E-state index contributed by atoms with van der Waals surface area (Å²) in [4.78, 5) is 27.3. The molecule has 2 amide bonds. The number of aryl methyl sites for hydroxylation is 2. The third kappa shape index (κ3) is 3.93. The van der Waals surface area contributed by atoms with Crippen molar-refractivity contribution in [2.75, 3.05) is 13.1 Å². The minimum absolute atomic E-state index is 0.0105. The van der Waals surface area contributed by atoms with Crippen LogP contribution in [0.5, 0.6) is 0 Å². The van der Waals surface area contributed by atoms with E-state index in [1.54, 1.807) is 6.07 Å². The van der Waals surface area contributed by atoms with Crippen molar-refractivity contribution in [3.8, 4) is 11.3 Å². The molecule has 3 heterocycles. The topological polar surface area (TPSA) is 95.9 Å². The average molecular weight is 399 g/mol. The summed E-state index contributed by atoms with van der Waals surface area (Å²) in [7, 11) is 1.90. The molecule has 0 spiro atoms. The Morgan fingerprint density at radius 3 is 2.62 bits per heavy atom. The van der Waals surface area contributed by atoms with Crippen LogP contribution in [0.15, 0.2) is 6.07 Å². The molecule has 2 aromatic heterocycles. The lowest BCUT2D eigenvalue weighted by Gasteiger charge is -2.26. The van der Waals surface area contributed by atoms with Crippen LogP contribution in [0.3, 0.4) is 0 Å². The zero-order valence-corrected chi connectivity index (χ0v) is 17.5. The van der Waals surface area contributed by atoms with Crippen molar-refractivity contribution in [2.24, 2.45) is 13.0 Å². The lowest BCUT2D eigenvalue weighted by atomic mass is 9.88. The highest BCUT2D eigenvalue weighted by molar-refractivity contribution is 5.93. The molecule has 2 N–H and O–H groups in total. The van der Waals surface area contributed by atoms with E-state index in [1.807, 2.05) is 30.5 Å². The van der Waals surface area contributed by atoms with Crippen LogP contribution in [0.25, 0.3) is 11.3 Å². The van der Waals surface area contributed by atoms with Crippen LogP contribution < -0.4 is 5.32 Å². The molecule has 1 saturated carbocycles. The molecule has 8 heteroatoms. The van der Waals surface area contributed by atoms with Crippen LogP contribution in [0.2, 0.25) is 0 Å². The Balaban J connectivity index is 1.37. The van der Waals surface area contributed by atoms with E-state index in [2.05, 4.69) is 20.6 Å². The molecular formula is C21H30N6O2. The largest absolute Gasteiger partial charge is 0.346 e. The van der Waals surface area contributed by atoms with Gasteiger partial charge in [-0.15, -0.1) is 0 Å². The van der Waals surface area contributed by atoms with Crippen molar-refractivity contribution in [3.63, 3.8) is 0 Å². The van der Waals surface area contributed by atoms with E-state index < -0.39 is 0 Å². The quantitative estimate of drug-likeness (QED) is 0.826. The Hall–Kier alpha value is -2.64. The van der Waals surface area contributed by atoms with Crippen LogP contribution in [0.4, 0.5) is 0 Å². The number of rotatable bonds is 4. The number of aromatic nitrogens is 4. The van der Waals surface area contributed by atoms with Crippen molar-refractivity contribution < 1.29 is 9.59 Å². The maximum absolute atomic E-state index is 12.7. The summed E-state index contributed by atoms with van der Waals surface area (Å²) < 4.78 is 1.82. The molecule has 1 aliphatic carbocycles. The number of nitrogens with zero attached hydrogens (tertiary/aromatic N) is 4. The van der Waals surface area contributed by atoms with E-state index in [0.29, 0.717) is 12.2 Å². The molecule has 2 fully saturated rings. The predicted molar refractivity (Wildman–Crippen MR) is 109 cm³/mol.